The molecule has 1 unspecified atom stereocenters. The summed E-state index contributed by atoms with van der Waals surface area (Å²) < 4.78 is 0. The molecule has 0 aromatic heterocycles. The van der Waals surface area contributed by atoms with Crippen molar-refractivity contribution in [1.82, 2.24) is 0 Å². The third-order valence-corrected chi connectivity index (χ3v) is 6.19. The molecule has 0 fully saturated rings. The van der Waals surface area contributed by atoms with E-state index in [0.29, 0.717) is 5.88 Å². The number of alkyl halides is 1. The van der Waals surface area contributed by atoms with Crippen LogP contribution >= 0.6 is 44.8 Å². The van der Waals surface area contributed by atoms with Crippen molar-refractivity contribution in [2.24, 2.45) is 0 Å². The predicted molar refractivity (Wildman–Crippen MR) is 43.5 cm³/mol. The minimum atomic E-state index is -2.48. The second-order valence-corrected chi connectivity index (χ2v) is 11.1. The van der Waals surface area contributed by atoms with Crippen molar-refractivity contribution >= 4 is 50.8 Å². The van der Waals surface area contributed by atoms with Crippen LogP contribution < -0.4 is 0 Å². The van der Waals surface area contributed by atoms with E-state index in [-0.39, 0.29) is 5.54 Å². The summed E-state index contributed by atoms with van der Waals surface area (Å²) in [6.45, 7) is 1.84. The Balaban J connectivity index is 3.62. The van der Waals surface area contributed by atoms with Gasteiger partial charge in [0.1, 0.15) is 0 Å². The fraction of sp³-hybridized carbons (Fsp3) is 1.00. The Morgan fingerprint density at radius 1 is 1.38 bits per heavy atom. The van der Waals surface area contributed by atoms with Gasteiger partial charge in [0.15, 0.2) is 0 Å². The van der Waals surface area contributed by atoms with Gasteiger partial charge >= 0.3 is 6.00 Å². The molecule has 0 rings (SSSR count). The van der Waals surface area contributed by atoms with Crippen LogP contribution in [0.2, 0.25) is 5.54 Å². The molecule has 0 bridgehead atoms. The van der Waals surface area contributed by atoms with E-state index >= 15 is 0 Å². The van der Waals surface area contributed by atoms with Gasteiger partial charge in [0, 0.05) is 11.4 Å². The molecule has 0 spiro atoms. The molecule has 0 aliphatic heterocycles. The number of hydrogen-bond donors (Lipinski definition) is 0. The van der Waals surface area contributed by atoms with Crippen molar-refractivity contribution in [2.45, 2.75) is 12.5 Å². The normalized spacial score (nSPS) is 16.1. The molecule has 8 heavy (non-hydrogen) atoms. The molecular weight excluding hydrogens is 206 g/mol. The van der Waals surface area contributed by atoms with Crippen LogP contribution in [-0.4, -0.2) is 11.9 Å². The molecule has 0 nitrogen and oxygen atoms in total. The summed E-state index contributed by atoms with van der Waals surface area (Å²) in [6.07, 6.45) is 0. The second-order valence-electron chi connectivity index (χ2n) is 1.60. The highest BCUT2D eigenvalue weighted by Crippen LogP contribution is 2.33. The van der Waals surface area contributed by atoms with Gasteiger partial charge in [-0.25, -0.2) is 0 Å². The Kier molecular flexibility index (Phi) is 4.13. The zero-order chi connectivity index (χ0) is 6.78. The van der Waals surface area contributed by atoms with Crippen LogP contribution in [0.1, 0.15) is 6.92 Å². The molecule has 0 radical (unpaired) electrons. The van der Waals surface area contributed by atoms with E-state index in [1.807, 2.05) is 6.92 Å². The first kappa shape index (κ1) is 9.38. The monoisotopic (exact) mass is 210 g/mol. The number of rotatable bonds is 2. The summed E-state index contributed by atoms with van der Waals surface area (Å²) in [7, 11) is 0. The van der Waals surface area contributed by atoms with Crippen molar-refractivity contribution in [1.29, 1.82) is 0 Å². The summed E-state index contributed by atoms with van der Waals surface area (Å²) >= 11 is 22.1. The van der Waals surface area contributed by atoms with Gasteiger partial charge in [0.2, 0.25) is 0 Å². The third-order valence-electron chi connectivity index (χ3n) is 0.790. The van der Waals surface area contributed by atoms with Gasteiger partial charge in [0.05, 0.1) is 0 Å². The smallest absolute Gasteiger partial charge is 0.127 e. The van der Waals surface area contributed by atoms with Crippen LogP contribution in [0, 0.1) is 0 Å². The van der Waals surface area contributed by atoms with E-state index in [2.05, 4.69) is 0 Å². The maximum Gasteiger partial charge on any atom is 0.345 e. The van der Waals surface area contributed by atoms with Gasteiger partial charge in [-0.3, -0.25) is 0 Å². The van der Waals surface area contributed by atoms with Gasteiger partial charge in [0.25, 0.3) is 0 Å². The SMILES string of the molecule is CC(CCl)[Si](Cl)(Cl)Cl. The maximum absolute atomic E-state index is 5.57. The summed E-state index contributed by atoms with van der Waals surface area (Å²) in [5.74, 6) is 0.433. The summed E-state index contributed by atoms with van der Waals surface area (Å²) in [6, 6.07) is -2.48. The van der Waals surface area contributed by atoms with Crippen LogP contribution in [0.5, 0.6) is 0 Å². The van der Waals surface area contributed by atoms with Crippen molar-refractivity contribution < 1.29 is 0 Å². The van der Waals surface area contributed by atoms with Crippen LogP contribution in [0.15, 0.2) is 0 Å². The molecule has 0 heterocycles. The quantitative estimate of drug-likeness (QED) is 0.374. The molecule has 0 aromatic rings. The van der Waals surface area contributed by atoms with Gasteiger partial charge in [-0.1, -0.05) is 6.92 Å². The minimum Gasteiger partial charge on any atom is -0.127 e. The molecule has 5 heteroatoms. The Bertz CT molecular complexity index is 68.2. The first-order valence-corrected chi connectivity index (χ1v) is 7.76. The Hall–Kier alpha value is 1.38. The molecule has 0 aliphatic carbocycles. The fourth-order valence-electron chi connectivity index (χ4n) is 0.0875. The van der Waals surface area contributed by atoms with Gasteiger partial charge in [-0.15, -0.1) is 44.8 Å². The molecule has 0 N–H and O–H groups in total. The van der Waals surface area contributed by atoms with E-state index < -0.39 is 6.00 Å². The summed E-state index contributed by atoms with van der Waals surface area (Å²) in [5, 5.41) is 0. The standard InChI is InChI=1S/C3H6Cl4Si/c1-3(2-4)8(5,6)7/h3H,2H2,1H3. The molecular formula is C3H6Cl4Si. The minimum absolute atomic E-state index is 0.0502. The van der Waals surface area contributed by atoms with Crippen molar-refractivity contribution in [3.05, 3.63) is 0 Å². The van der Waals surface area contributed by atoms with E-state index in [4.69, 9.17) is 44.8 Å². The lowest BCUT2D eigenvalue weighted by atomic mass is 10.6. The van der Waals surface area contributed by atoms with Crippen LogP contribution in [0.3, 0.4) is 0 Å². The maximum atomic E-state index is 5.57. The van der Waals surface area contributed by atoms with Crippen molar-refractivity contribution in [3.63, 3.8) is 0 Å². The lowest BCUT2D eigenvalue weighted by Gasteiger charge is -2.12. The molecule has 0 amide bonds. The van der Waals surface area contributed by atoms with Crippen LogP contribution in [0.25, 0.3) is 0 Å². The van der Waals surface area contributed by atoms with Crippen LogP contribution in [0.4, 0.5) is 0 Å². The highest BCUT2D eigenvalue weighted by molar-refractivity contribution is 7.65. The molecule has 0 aromatic carbocycles. The molecule has 0 saturated carbocycles. The largest absolute Gasteiger partial charge is 0.345 e. The van der Waals surface area contributed by atoms with Crippen LogP contribution in [-0.2, 0) is 0 Å². The fourth-order valence-corrected chi connectivity index (χ4v) is 2.36. The Labute approximate surface area is 69.2 Å². The lowest BCUT2D eigenvalue weighted by Crippen LogP contribution is -2.17. The van der Waals surface area contributed by atoms with Gasteiger partial charge in [-0.2, -0.15) is 0 Å². The van der Waals surface area contributed by atoms with Gasteiger partial charge < -0.3 is 0 Å². The highest BCUT2D eigenvalue weighted by atomic mass is 35.8. The number of halogens is 4. The predicted octanol–water partition coefficient (Wildman–Crippen LogP) is 3.27. The zero-order valence-electron chi connectivity index (χ0n) is 4.30. The number of hydrogen-bond acceptors (Lipinski definition) is 0. The molecule has 0 saturated heterocycles. The summed E-state index contributed by atoms with van der Waals surface area (Å²) in [5.41, 5.74) is 0.0502. The molecule has 0 aliphatic rings. The Morgan fingerprint density at radius 2 is 1.75 bits per heavy atom. The average Bonchev–Trinajstić information content (AvgIpc) is 1.62. The van der Waals surface area contributed by atoms with E-state index in [1.165, 1.54) is 0 Å². The lowest BCUT2D eigenvalue weighted by molar-refractivity contribution is 1.07. The topological polar surface area (TPSA) is 0 Å². The molecule has 1 atom stereocenters. The molecule has 50 valence electrons. The first-order valence-electron chi connectivity index (χ1n) is 2.11. The van der Waals surface area contributed by atoms with Gasteiger partial charge in [-0.05, 0) is 0 Å². The van der Waals surface area contributed by atoms with E-state index in [9.17, 15) is 0 Å². The highest BCUT2D eigenvalue weighted by Gasteiger charge is 2.32. The zero-order valence-corrected chi connectivity index (χ0v) is 8.32. The third kappa shape index (κ3) is 3.41. The van der Waals surface area contributed by atoms with Crippen molar-refractivity contribution in [2.75, 3.05) is 5.88 Å². The average molecular weight is 212 g/mol. The second kappa shape index (κ2) is 3.52. The summed E-state index contributed by atoms with van der Waals surface area (Å²) in [4.78, 5) is 0. The van der Waals surface area contributed by atoms with E-state index in [1.54, 1.807) is 0 Å². The van der Waals surface area contributed by atoms with E-state index in [0.717, 1.165) is 0 Å². The van der Waals surface area contributed by atoms with Crippen molar-refractivity contribution in [3.8, 4) is 0 Å². The Morgan fingerprint density at radius 3 is 1.75 bits per heavy atom. The first-order chi connectivity index (χ1) is 3.48.